The van der Waals surface area contributed by atoms with E-state index in [9.17, 15) is 9.90 Å². The molecule has 0 radical (unpaired) electrons. The lowest BCUT2D eigenvalue weighted by Gasteiger charge is -2.32. The van der Waals surface area contributed by atoms with Gasteiger partial charge < -0.3 is 10.1 Å². The molecule has 2 N–H and O–H groups in total. The Balaban J connectivity index is 1.63. The van der Waals surface area contributed by atoms with Crippen molar-refractivity contribution < 1.29 is 5.11 Å². The molecule has 2 aromatic carbocycles. The number of pyridine rings is 1. The van der Waals surface area contributed by atoms with E-state index in [0.717, 1.165) is 39.8 Å². The minimum Gasteiger partial charge on any atom is -0.387 e. The maximum Gasteiger partial charge on any atom is 0.189 e. The zero-order valence-electron chi connectivity index (χ0n) is 13.6. The van der Waals surface area contributed by atoms with Crippen LogP contribution in [0.2, 0.25) is 0 Å². The standard InChI is InChI=1S/C20H20N2O2/c1-13-6-7-18-17(8-13)19(23)9-15(21-18)11-22-10-14-4-2-3-5-16(14)20(24)12-22/h2-9,20,24H,10-12H2,1H3,(H,21,23). The van der Waals surface area contributed by atoms with Crippen LogP contribution in [-0.2, 0) is 13.1 Å². The van der Waals surface area contributed by atoms with Crippen molar-refractivity contribution in [3.05, 3.63) is 81.1 Å². The van der Waals surface area contributed by atoms with E-state index in [4.69, 9.17) is 0 Å². The van der Waals surface area contributed by atoms with E-state index in [2.05, 4.69) is 16.0 Å². The normalized spacial score (nSPS) is 17.8. The molecule has 3 aromatic rings. The fourth-order valence-corrected chi connectivity index (χ4v) is 3.51. The topological polar surface area (TPSA) is 56.3 Å². The lowest BCUT2D eigenvalue weighted by molar-refractivity contribution is 0.0875. The first-order valence-corrected chi connectivity index (χ1v) is 8.21. The zero-order valence-corrected chi connectivity index (χ0v) is 13.6. The van der Waals surface area contributed by atoms with Crippen molar-refractivity contribution in [2.45, 2.75) is 26.1 Å². The Morgan fingerprint density at radius 3 is 2.92 bits per heavy atom. The number of aromatic nitrogens is 1. The summed E-state index contributed by atoms with van der Waals surface area (Å²) in [5.41, 5.74) is 5.02. The number of aryl methyl sites for hydroxylation is 1. The number of rotatable bonds is 2. The first kappa shape index (κ1) is 15.1. The molecular formula is C20H20N2O2. The summed E-state index contributed by atoms with van der Waals surface area (Å²) in [5.74, 6) is 0. The number of nitrogens with one attached hydrogen (secondary N) is 1. The van der Waals surface area contributed by atoms with Gasteiger partial charge in [-0.1, -0.05) is 35.9 Å². The average Bonchev–Trinajstić information content (AvgIpc) is 2.56. The maximum atomic E-state index is 12.4. The highest BCUT2D eigenvalue weighted by molar-refractivity contribution is 5.79. The molecule has 0 spiro atoms. The third kappa shape index (κ3) is 2.75. The van der Waals surface area contributed by atoms with Crippen LogP contribution in [0.4, 0.5) is 0 Å². The summed E-state index contributed by atoms with van der Waals surface area (Å²) in [5, 5.41) is 11.1. The highest BCUT2D eigenvalue weighted by atomic mass is 16.3. The molecule has 0 fully saturated rings. The molecule has 1 unspecified atom stereocenters. The lowest BCUT2D eigenvalue weighted by atomic mass is 9.97. The molecule has 0 bridgehead atoms. The lowest BCUT2D eigenvalue weighted by Crippen LogP contribution is -2.33. The number of fused-ring (bicyclic) bond motifs is 2. The predicted octanol–water partition coefficient (Wildman–Crippen LogP) is 2.89. The Morgan fingerprint density at radius 2 is 2.04 bits per heavy atom. The molecule has 1 aromatic heterocycles. The van der Waals surface area contributed by atoms with Crippen LogP contribution in [-0.4, -0.2) is 21.5 Å². The Bertz CT molecular complexity index is 961. The van der Waals surface area contributed by atoms with E-state index in [1.165, 1.54) is 0 Å². The summed E-state index contributed by atoms with van der Waals surface area (Å²) in [6, 6.07) is 15.5. The molecule has 0 saturated carbocycles. The van der Waals surface area contributed by atoms with Gasteiger partial charge in [-0.2, -0.15) is 0 Å². The number of nitrogens with zero attached hydrogens (tertiary/aromatic N) is 1. The van der Waals surface area contributed by atoms with Crippen LogP contribution >= 0.6 is 0 Å². The van der Waals surface area contributed by atoms with Crippen molar-refractivity contribution in [3.63, 3.8) is 0 Å². The van der Waals surface area contributed by atoms with Crippen molar-refractivity contribution >= 4 is 10.9 Å². The van der Waals surface area contributed by atoms with Gasteiger partial charge in [0, 0.05) is 42.3 Å². The summed E-state index contributed by atoms with van der Waals surface area (Å²) in [4.78, 5) is 17.9. The van der Waals surface area contributed by atoms with E-state index in [1.54, 1.807) is 6.07 Å². The van der Waals surface area contributed by atoms with Crippen LogP contribution in [0.25, 0.3) is 10.9 Å². The Labute approximate surface area is 140 Å². The highest BCUT2D eigenvalue weighted by Gasteiger charge is 2.23. The van der Waals surface area contributed by atoms with Gasteiger partial charge in [0.05, 0.1) is 6.10 Å². The van der Waals surface area contributed by atoms with Gasteiger partial charge in [-0.3, -0.25) is 9.69 Å². The fraction of sp³-hybridized carbons (Fsp3) is 0.250. The molecule has 4 nitrogen and oxygen atoms in total. The highest BCUT2D eigenvalue weighted by Crippen LogP contribution is 2.27. The number of benzene rings is 2. The van der Waals surface area contributed by atoms with Gasteiger partial charge in [0.15, 0.2) is 5.43 Å². The third-order valence-corrected chi connectivity index (χ3v) is 4.67. The Morgan fingerprint density at radius 1 is 1.21 bits per heavy atom. The predicted molar refractivity (Wildman–Crippen MR) is 94.8 cm³/mol. The van der Waals surface area contributed by atoms with E-state index in [0.29, 0.717) is 13.1 Å². The zero-order chi connectivity index (χ0) is 16.7. The van der Waals surface area contributed by atoms with Gasteiger partial charge in [0.25, 0.3) is 0 Å². The molecule has 1 aliphatic rings. The minimum absolute atomic E-state index is 0.0420. The SMILES string of the molecule is Cc1ccc2[nH]c(CN3Cc4ccccc4C(O)C3)cc(=O)c2c1. The second-order valence-corrected chi connectivity index (χ2v) is 6.59. The second kappa shape index (κ2) is 5.89. The van der Waals surface area contributed by atoms with Crippen LogP contribution in [0.3, 0.4) is 0 Å². The van der Waals surface area contributed by atoms with E-state index >= 15 is 0 Å². The Hall–Kier alpha value is -2.43. The fourth-order valence-electron chi connectivity index (χ4n) is 3.51. The summed E-state index contributed by atoms with van der Waals surface area (Å²) >= 11 is 0. The smallest absolute Gasteiger partial charge is 0.189 e. The quantitative estimate of drug-likeness (QED) is 0.763. The van der Waals surface area contributed by atoms with Gasteiger partial charge in [0.1, 0.15) is 0 Å². The summed E-state index contributed by atoms with van der Waals surface area (Å²) < 4.78 is 0. The number of hydrogen-bond donors (Lipinski definition) is 2. The van der Waals surface area contributed by atoms with Gasteiger partial charge in [0.2, 0.25) is 0 Å². The number of aliphatic hydroxyl groups excluding tert-OH is 1. The van der Waals surface area contributed by atoms with Crippen LogP contribution in [0.15, 0.2) is 53.3 Å². The van der Waals surface area contributed by atoms with Crippen LogP contribution in [0.5, 0.6) is 0 Å². The number of aliphatic hydroxyl groups is 1. The number of H-pyrrole nitrogens is 1. The van der Waals surface area contributed by atoms with Gasteiger partial charge in [-0.15, -0.1) is 0 Å². The van der Waals surface area contributed by atoms with Crippen molar-refractivity contribution in [2.75, 3.05) is 6.54 Å². The first-order valence-electron chi connectivity index (χ1n) is 8.21. The third-order valence-electron chi connectivity index (χ3n) is 4.67. The molecule has 0 saturated heterocycles. The number of hydrogen-bond acceptors (Lipinski definition) is 3. The largest absolute Gasteiger partial charge is 0.387 e. The number of aromatic amines is 1. The van der Waals surface area contributed by atoms with E-state index < -0.39 is 6.10 Å². The van der Waals surface area contributed by atoms with E-state index in [1.807, 2.05) is 43.3 Å². The van der Waals surface area contributed by atoms with Gasteiger partial charge in [-0.05, 0) is 30.2 Å². The first-order chi connectivity index (χ1) is 11.6. The van der Waals surface area contributed by atoms with Gasteiger partial charge in [-0.25, -0.2) is 0 Å². The molecule has 4 rings (SSSR count). The van der Waals surface area contributed by atoms with Crippen molar-refractivity contribution in [3.8, 4) is 0 Å². The average molecular weight is 320 g/mol. The second-order valence-electron chi connectivity index (χ2n) is 6.59. The summed E-state index contributed by atoms with van der Waals surface area (Å²) in [7, 11) is 0. The molecule has 1 atom stereocenters. The maximum absolute atomic E-state index is 12.4. The van der Waals surface area contributed by atoms with E-state index in [-0.39, 0.29) is 5.43 Å². The summed E-state index contributed by atoms with van der Waals surface area (Å²) in [6.45, 7) is 3.95. The summed E-state index contributed by atoms with van der Waals surface area (Å²) in [6.07, 6.45) is -0.482. The Kier molecular flexibility index (Phi) is 3.71. The molecule has 2 heterocycles. The van der Waals surface area contributed by atoms with Crippen molar-refractivity contribution in [1.29, 1.82) is 0 Å². The van der Waals surface area contributed by atoms with Crippen molar-refractivity contribution in [2.24, 2.45) is 0 Å². The van der Waals surface area contributed by atoms with Crippen molar-refractivity contribution in [1.82, 2.24) is 9.88 Å². The molecule has 1 aliphatic heterocycles. The molecule has 0 aliphatic carbocycles. The van der Waals surface area contributed by atoms with Crippen LogP contribution < -0.4 is 5.43 Å². The number of β-amino-alcohol motifs (C(OH)–C–C–N with tert-alkyl or cyclic N) is 1. The van der Waals surface area contributed by atoms with Gasteiger partial charge >= 0.3 is 0 Å². The molecule has 24 heavy (non-hydrogen) atoms. The monoisotopic (exact) mass is 320 g/mol. The minimum atomic E-state index is -0.482. The molecule has 122 valence electrons. The van der Waals surface area contributed by atoms with Crippen LogP contribution in [0, 0.1) is 6.92 Å². The molecule has 0 amide bonds. The van der Waals surface area contributed by atoms with Crippen LogP contribution in [0.1, 0.15) is 28.5 Å². The molecule has 4 heteroatoms. The molecular weight excluding hydrogens is 300 g/mol.